The molecule has 1 aliphatic rings. The molecule has 0 unspecified atom stereocenters. The van der Waals surface area contributed by atoms with Crippen molar-refractivity contribution < 1.29 is 14.3 Å². The van der Waals surface area contributed by atoms with Crippen LogP contribution in [0.1, 0.15) is 23.5 Å². The average molecular weight is 282 g/mol. The van der Waals surface area contributed by atoms with E-state index in [1.165, 1.54) is 7.11 Å². The summed E-state index contributed by atoms with van der Waals surface area (Å²) in [4.78, 5) is 12.5. The second-order valence-electron chi connectivity index (χ2n) is 5.33. The maximum atomic E-state index is 12.5. The van der Waals surface area contributed by atoms with Crippen molar-refractivity contribution in [3.63, 3.8) is 0 Å². The molecule has 1 aliphatic carbocycles. The zero-order valence-electron chi connectivity index (χ0n) is 12.2. The molecule has 0 radical (unpaired) electrons. The van der Waals surface area contributed by atoms with Gasteiger partial charge in [0.15, 0.2) is 0 Å². The summed E-state index contributed by atoms with van der Waals surface area (Å²) in [5, 5.41) is 0. The highest BCUT2D eigenvalue weighted by Crippen LogP contribution is 2.62. The molecule has 1 saturated carbocycles. The number of rotatable bonds is 4. The number of para-hydroxylation sites is 1. The predicted molar refractivity (Wildman–Crippen MR) is 80.5 cm³/mol. The molecule has 0 bridgehead atoms. The molecule has 0 saturated heterocycles. The third-order valence-corrected chi connectivity index (χ3v) is 4.30. The molecule has 108 valence electrons. The minimum absolute atomic E-state index is 0.141. The van der Waals surface area contributed by atoms with Gasteiger partial charge in [0, 0.05) is 11.5 Å². The Balaban J connectivity index is 2.07. The van der Waals surface area contributed by atoms with E-state index in [4.69, 9.17) is 9.47 Å². The highest BCUT2D eigenvalue weighted by molar-refractivity contribution is 5.90. The molecule has 0 aromatic heterocycles. The monoisotopic (exact) mass is 282 g/mol. The van der Waals surface area contributed by atoms with Gasteiger partial charge in [0.25, 0.3) is 0 Å². The largest absolute Gasteiger partial charge is 0.496 e. The van der Waals surface area contributed by atoms with Gasteiger partial charge in [-0.05, 0) is 18.1 Å². The standard InChI is InChI=1S/C18H18O3/c1-20-16-11-7-6-10-14(16)18(17(19)21-2)12-15(18)13-8-4-3-5-9-13/h3-11,15H,12H2,1-2H3/t15-,18-/m0/s1. The molecule has 2 atom stereocenters. The number of carbonyl (C=O) groups excluding carboxylic acids is 1. The Kier molecular flexibility index (Phi) is 3.42. The molecule has 1 fully saturated rings. The van der Waals surface area contributed by atoms with Gasteiger partial charge >= 0.3 is 5.97 Å². The first kappa shape index (κ1) is 13.7. The quantitative estimate of drug-likeness (QED) is 0.807. The van der Waals surface area contributed by atoms with E-state index in [-0.39, 0.29) is 11.9 Å². The van der Waals surface area contributed by atoms with Crippen LogP contribution < -0.4 is 4.74 Å². The fraction of sp³-hybridized carbons (Fsp3) is 0.278. The van der Waals surface area contributed by atoms with Crippen molar-refractivity contribution in [2.24, 2.45) is 0 Å². The zero-order chi connectivity index (χ0) is 14.9. The van der Waals surface area contributed by atoms with Crippen LogP contribution >= 0.6 is 0 Å². The summed E-state index contributed by atoms with van der Waals surface area (Å²) >= 11 is 0. The SMILES string of the molecule is COC(=O)[C@]1(c2ccccc2OC)C[C@H]1c1ccccc1. The molecule has 3 rings (SSSR count). The van der Waals surface area contributed by atoms with Gasteiger partial charge < -0.3 is 9.47 Å². The Bertz CT molecular complexity index is 651. The van der Waals surface area contributed by atoms with Crippen molar-refractivity contribution in [2.45, 2.75) is 17.8 Å². The number of benzene rings is 2. The molecule has 3 heteroatoms. The van der Waals surface area contributed by atoms with Crippen molar-refractivity contribution in [3.05, 3.63) is 65.7 Å². The minimum atomic E-state index is -0.622. The van der Waals surface area contributed by atoms with Crippen molar-refractivity contribution in [2.75, 3.05) is 14.2 Å². The summed E-state index contributed by atoms with van der Waals surface area (Å²) in [6.07, 6.45) is 0.754. The average Bonchev–Trinajstić information content (AvgIpc) is 3.31. The Morgan fingerprint density at radius 1 is 1.05 bits per heavy atom. The highest BCUT2D eigenvalue weighted by Gasteiger charge is 2.63. The van der Waals surface area contributed by atoms with Crippen LogP contribution in [-0.4, -0.2) is 20.2 Å². The first-order valence-electron chi connectivity index (χ1n) is 7.01. The summed E-state index contributed by atoms with van der Waals surface area (Å²) in [5.41, 5.74) is 1.45. The predicted octanol–water partition coefficient (Wildman–Crippen LogP) is 3.29. The topological polar surface area (TPSA) is 35.5 Å². The summed E-state index contributed by atoms with van der Waals surface area (Å²) in [7, 11) is 3.07. The van der Waals surface area contributed by atoms with Crippen LogP contribution in [0, 0.1) is 0 Å². The summed E-state index contributed by atoms with van der Waals surface area (Å²) in [6.45, 7) is 0. The molecule has 21 heavy (non-hydrogen) atoms. The van der Waals surface area contributed by atoms with E-state index in [1.54, 1.807) is 7.11 Å². The molecule has 2 aromatic carbocycles. The van der Waals surface area contributed by atoms with Crippen LogP contribution in [0.3, 0.4) is 0 Å². The lowest BCUT2D eigenvalue weighted by Crippen LogP contribution is -2.24. The van der Waals surface area contributed by atoms with Crippen LogP contribution in [0.4, 0.5) is 0 Å². The minimum Gasteiger partial charge on any atom is -0.496 e. The van der Waals surface area contributed by atoms with Gasteiger partial charge in [0.05, 0.1) is 14.2 Å². The summed E-state index contributed by atoms with van der Waals surface area (Å²) in [6, 6.07) is 17.8. The molecule has 0 amide bonds. The lowest BCUT2D eigenvalue weighted by atomic mass is 9.90. The second kappa shape index (κ2) is 5.24. The molecular weight excluding hydrogens is 264 g/mol. The van der Waals surface area contributed by atoms with Gasteiger partial charge in [-0.15, -0.1) is 0 Å². The van der Waals surface area contributed by atoms with Gasteiger partial charge in [-0.2, -0.15) is 0 Å². The summed E-state index contributed by atoms with van der Waals surface area (Å²) < 4.78 is 10.5. The van der Waals surface area contributed by atoms with E-state index in [1.807, 2.05) is 42.5 Å². The van der Waals surface area contributed by atoms with Gasteiger partial charge in [0.2, 0.25) is 0 Å². The van der Waals surface area contributed by atoms with E-state index in [0.717, 1.165) is 23.3 Å². The lowest BCUT2D eigenvalue weighted by Gasteiger charge is -2.18. The van der Waals surface area contributed by atoms with Crippen molar-refractivity contribution in [1.82, 2.24) is 0 Å². The molecular formula is C18H18O3. The van der Waals surface area contributed by atoms with E-state index in [9.17, 15) is 4.79 Å². The first-order chi connectivity index (χ1) is 10.2. The van der Waals surface area contributed by atoms with Crippen LogP contribution in [-0.2, 0) is 14.9 Å². The van der Waals surface area contributed by atoms with Crippen LogP contribution in [0.25, 0.3) is 0 Å². The second-order valence-corrected chi connectivity index (χ2v) is 5.33. The van der Waals surface area contributed by atoms with E-state index in [0.29, 0.717) is 0 Å². The lowest BCUT2D eigenvalue weighted by molar-refractivity contribution is -0.143. The normalized spacial score (nSPS) is 23.4. The van der Waals surface area contributed by atoms with Crippen molar-refractivity contribution >= 4 is 5.97 Å². The molecule has 0 N–H and O–H groups in total. The third kappa shape index (κ3) is 2.09. The molecule has 3 nitrogen and oxygen atoms in total. The number of esters is 1. The maximum Gasteiger partial charge on any atom is 0.317 e. The van der Waals surface area contributed by atoms with E-state index in [2.05, 4.69) is 12.1 Å². The fourth-order valence-corrected chi connectivity index (χ4v) is 3.18. The Morgan fingerprint density at radius 2 is 1.71 bits per heavy atom. The Labute approximate surface area is 124 Å². The van der Waals surface area contributed by atoms with Crippen molar-refractivity contribution in [3.8, 4) is 5.75 Å². The molecule has 2 aromatic rings. The van der Waals surface area contributed by atoms with Crippen LogP contribution in [0.2, 0.25) is 0 Å². The first-order valence-corrected chi connectivity index (χ1v) is 7.01. The Morgan fingerprint density at radius 3 is 2.38 bits per heavy atom. The Hall–Kier alpha value is -2.29. The molecule has 0 heterocycles. The van der Waals surface area contributed by atoms with E-state index < -0.39 is 5.41 Å². The van der Waals surface area contributed by atoms with Crippen LogP contribution in [0.5, 0.6) is 5.75 Å². The third-order valence-electron chi connectivity index (χ3n) is 4.30. The maximum absolute atomic E-state index is 12.5. The van der Waals surface area contributed by atoms with Gasteiger partial charge in [-0.1, -0.05) is 48.5 Å². The highest BCUT2D eigenvalue weighted by atomic mass is 16.5. The smallest absolute Gasteiger partial charge is 0.317 e. The number of hydrogen-bond donors (Lipinski definition) is 0. The number of methoxy groups -OCH3 is 2. The van der Waals surface area contributed by atoms with Gasteiger partial charge in [-0.25, -0.2) is 0 Å². The fourth-order valence-electron chi connectivity index (χ4n) is 3.18. The van der Waals surface area contributed by atoms with Gasteiger partial charge in [-0.3, -0.25) is 4.79 Å². The molecule has 0 aliphatic heterocycles. The number of carbonyl (C=O) groups is 1. The van der Waals surface area contributed by atoms with E-state index >= 15 is 0 Å². The van der Waals surface area contributed by atoms with Crippen molar-refractivity contribution in [1.29, 1.82) is 0 Å². The van der Waals surface area contributed by atoms with Crippen LogP contribution in [0.15, 0.2) is 54.6 Å². The zero-order valence-corrected chi connectivity index (χ0v) is 12.2. The number of hydrogen-bond acceptors (Lipinski definition) is 3. The van der Waals surface area contributed by atoms with Gasteiger partial charge in [0.1, 0.15) is 11.2 Å². The summed E-state index contributed by atoms with van der Waals surface area (Å²) in [5.74, 6) is 0.685. The number of ether oxygens (including phenoxy) is 2. The molecule has 0 spiro atoms.